The molecule has 0 saturated carbocycles. The summed E-state index contributed by atoms with van der Waals surface area (Å²) in [4.78, 5) is 0. The largest absolute Gasteiger partial charge is 0.489 e. The molecular formula is C37H56O6. The zero-order valence-corrected chi connectivity index (χ0v) is 27.3. The highest BCUT2D eigenvalue weighted by molar-refractivity contribution is 6.11. The maximum Gasteiger partial charge on any atom is 0.135 e. The van der Waals surface area contributed by atoms with E-state index in [1.54, 1.807) is 0 Å². The molecule has 4 atom stereocenters. The lowest BCUT2D eigenvalue weighted by atomic mass is 9.99. The van der Waals surface area contributed by atoms with Crippen molar-refractivity contribution in [2.24, 2.45) is 11.8 Å². The smallest absolute Gasteiger partial charge is 0.135 e. The van der Waals surface area contributed by atoms with Crippen molar-refractivity contribution in [3.05, 3.63) is 48.0 Å². The Morgan fingerprint density at radius 3 is 1.51 bits per heavy atom. The van der Waals surface area contributed by atoms with E-state index in [0.29, 0.717) is 30.8 Å². The molecule has 0 aliphatic rings. The Bertz CT molecular complexity index is 1210. The summed E-state index contributed by atoms with van der Waals surface area (Å²) in [7, 11) is 0. The summed E-state index contributed by atoms with van der Waals surface area (Å²) in [6.45, 7) is 12.9. The Morgan fingerprint density at radius 2 is 1.05 bits per heavy atom. The molecule has 240 valence electrons. The molecule has 0 fully saturated rings. The summed E-state index contributed by atoms with van der Waals surface area (Å²) in [5.74, 6) is 2.49. The van der Waals surface area contributed by atoms with Gasteiger partial charge in [0.25, 0.3) is 0 Å². The zero-order chi connectivity index (χ0) is 31.0. The average molecular weight is 597 g/mol. The van der Waals surface area contributed by atoms with Gasteiger partial charge in [-0.15, -0.1) is 0 Å². The van der Waals surface area contributed by atoms with Crippen molar-refractivity contribution in [1.82, 2.24) is 0 Å². The Morgan fingerprint density at radius 1 is 0.581 bits per heavy atom. The molecule has 0 aliphatic carbocycles. The third kappa shape index (κ3) is 10.9. The van der Waals surface area contributed by atoms with Crippen molar-refractivity contribution in [2.45, 2.75) is 98.2 Å². The molecule has 6 nitrogen and oxygen atoms in total. The van der Waals surface area contributed by atoms with E-state index in [0.717, 1.165) is 58.5 Å². The monoisotopic (exact) mass is 596 g/mol. The molecule has 0 heterocycles. The number of aryl methyl sites for hydroxylation is 1. The van der Waals surface area contributed by atoms with Gasteiger partial charge in [0.1, 0.15) is 36.9 Å². The third-order valence-electron chi connectivity index (χ3n) is 8.33. The molecule has 3 aromatic rings. The van der Waals surface area contributed by atoms with Gasteiger partial charge >= 0.3 is 0 Å². The topological polar surface area (TPSA) is 77.4 Å². The van der Waals surface area contributed by atoms with Crippen molar-refractivity contribution >= 4 is 21.5 Å². The van der Waals surface area contributed by atoms with E-state index in [4.69, 9.17) is 18.9 Å². The standard InChI is InChI=1S/C37H56O6/c1-6-10-14-28(8-3)21-40-23-30(38)25-42-36-32-16-12-13-17-33(32)37(35-20-27(5)18-19-34(35)36)43-26-31(39)24-41-22-29(9-4)15-11-7-2/h12-13,16-20,28-31,38-39H,6-11,14-15,21-26H2,1-5H3. The highest BCUT2D eigenvalue weighted by atomic mass is 16.5. The summed E-state index contributed by atoms with van der Waals surface area (Å²) in [6.07, 6.45) is 7.81. The number of aliphatic hydroxyl groups excluding tert-OH is 2. The second-order valence-corrected chi connectivity index (χ2v) is 12.1. The fraction of sp³-hybridized carbons (Fsp3) is 0.622. The van der Waals surface area contributed by atoms with E-state index in [1.807, 2.05) is 30.3 Å². The van der Waals surface area contributed by atoms with Gasteiger partial charge in [-0.25, -0.2) is 0 Å². The predicted molar refractivity (Wildman–Crippen MR) is 177 cm³/mol. The van der Waals surface area contributed by atoms with Crippen LogP contribution < -0.4 is 9.47 Å². The van der Waals surface area contributed by atoms with Gasteiger partial charge in [-0.05, 0) is 37.7 Å². The van der Waals surface area contributed by atoms with Crippen LogP contribution in [0, 0.1) is 18.8 Å². The van der Waals surface area contributed by atoms with Gasteiger partial charge in [-0.3, -0.25) is 0 Å². The summed E-state index contributed by atoms with van der Waals surface area (Å²) < 4.78 is 24.4. The first-order valence-electron chi connectivity index (χ1n) is 16.6. The van der Waals surface area contributed by atoms with Crippen LogP contribution in [0.4, 0.5) is 0 Å². The number of hydrogen-bond donors (Lipinski definition) is 2. The lowest BCUT2D eigenvalue weighted by Crippen LogP contribution is -2.25. The zero-order valence-electron chi connectivity index (χ0n) is 27.3. The third-order valence-corrected chi connectivity index (χ3v) is 8.33. The predicted octanol–water partition coefficient (Wildman–Crippen LogP) is 8.25. The van der Waals surface area contributed by atoms with Crippen molar-refractivity contribution in [2.75, 3.05) is 39.6 Å². The molecule has 6 heteroatoms. The molecule has 0 bridgehead atoms. The number of ether oxygens (including phenoxy) is 4. The molecule has 3 aromatic carbocycles. The minimum atomic E-state index is -0.734. The molecule has 4 unspecified atom stereocenters. The maximum absolute atomic E-state index is 10.7. The lowest BCUT2D eigenvalue weighted by molar-refractivity contribution is -0.000961. The van der Waals surface area contributed by atoms with Gasteiger partial charge in [0, 0.05) is 34.8 Å². The van der Waals surface area contributed by atoms with Crippen LogP contribution in [0.2, 0.25) is 0 Å². The van der Waals surface area contributed by atoms with Gasteiger partial charge in [0.2, 0.25) is 0 Å². The Balaban J connectivity index is 1.70. The summed E-state index contributed by atoms with van der Waals surface area (Å²) in [5.41, 5.74) is 1.10. The van der Waals surface area contributed by atoms with Crippen LogP contribution in [-0.2, 0) is 9.47 Å². The second-order valence-electron chi connectivity index (χ2n) is 12.1. The number of hydrogen-bond acceptors (Lipinski definition) is 6. The van der Waals surface area contributed by atoms with Crippen LogP contribution in [0.1, 0.15) is 84.6 Å². The van der Waals surface area contributed by atoms with Crippen LogP contribution in [0.15, 0.2) is 42.5 Å². The SMILES string of the molecule is CCCCC(CC)COCC(O)COc1c2ccccc2c(OCC(O)COCC(CC)CCCC)c2cc(C)ccc12. The Labute approximate surface area is 259 Å². The molecule has 0 radical (unpaired) electrons. The van der Waals surface area contributed by atoms with Gasteiger partial charge in [-0.1, -0.05) is 108 Å². The van der Waals surface area contributed by atoms with E-state index < -0.39 is 12.2 Å². The first-order chi connectivity index (χ1) is 20.9. The molecule has 0 aromatic heterocycles. The molecule has 0 amide bonds. The van der Waals surface area contributed by atoms with E-state index >= 15 is 0 Å². The van der Waals surface area contributed by atoms with Crippen molar-refractivity contribution < 1.29 is 29.2 Å². The van der Waals surface area contributed by atoms with Crippen molar-refractivity contribution in [3.63, 3.8) is 0 Å². The van der Waals surface area contributed by atoms with Gasteiger partial charge in [-0.2, -0.15) is 0 Å². The van der Waals surface area contributed by atoms with Crippen molar-refractivity contribution in [3.8, 4) is 11.5 Å². The van der Waals surface area contributed by atoms with E-state index in [-0.39, 0.29) is 26.4 Å². The maximum atomic E-state index is 10.7. The Kier molecular flexibility index (Phi) is 15.6. The minimum absolute atomic E-state index is 0.131. The first-order valence-corrected chi connectivity index (χ1v) is 16.6. The molecule has 43 heavy (non-hydrogen) atoms. The minimum Gasteiger partial charge on any atom is -0.489 e. The van der Waals surface area contributed by atoms with Crippen molar-refractivity contribution in [1.29, 1.82) is 0 Å². The van der Waals surface area contributed by atoms with E-state index in [9.17, 15) is 10.2 Å². The molecule has 2 N–H and O–H groups in total. The van der Waals surface area contributed by atoms with E-state index in [2.05, 4.69) is 46.8 Å². The summed E-state index contributed by atoms with van der Waals surface area (Å²) >= 11 is 0. The highest BCUT2D eigenvalue weighted by Crippen LogP contribution is 2.43. The molecule has 0 aliphatic heterocycles. The van der Waals surface area contributed by atoms with Gasteiger partial charge in [0.15, 0.2) is 0 Å². The molecule has 0 spiro atoms. The van der Waals surface area contributed by atoms with Crippen LogP contribution in [0.3, 0.4) is 0 Å². The number of fused-ring (bicyclic) bond motifs is 2. The molecular weight excluding hydrogens is 540 g/mol. The van der Waals surface area contributed by atoms with Gasteiger partial charge in [0.05, 0.1) is 13.2 Å². The number of aliphatic hydroxyl groups is 2. The van der Waals surface area contributed by atoms with Gasteiger partial charge < -0.3 is 29.2 Å². The van der Waals surface area contributed by atoms with E-state index in [1.165, 1.54) is 25.7 Å². The second kappa shape index (κ2) is 19.1. The molecule has 3 rings (SSSR count). The number of unbranched alkanes of at least 4 members (excludes halogenated alkanes) is 2. The van der Waals surface area contributed by atoms with Crippen LogP contribution in [0.25, 0.3) is 21.5 Å². The summed E-state index contributed by atoms with van der Waals surface area (Å²) in [5, 5.41) is 25.1. The number of rotatable bonds is 22. The fourth-order valence-electron chi connectivity index (χ4n) is 5.52. The average Bonchev–Trinajstić information content (AvgIpc) is 3.02. The van der Waals surface area contributed by atoms with Crippen LogP contribution in [-0.4, -0.2) is 62.1 Å². The summed E-state index contributed by atoms with van der Waals surface area (Å²) in [6, 6.07) is 14.2. The number of benzene rings is 3. The lowest BCUT2D eigenvalue weighted by Gasteiger charge is -2.21. The first kappa shape index (κ1) is 35.1. The molecule has 0 saturated heterocycles. The van der Waals surface area contributed by atoms with Crippen LogP contribution in [0.5, 0.6) is 11.5 Å². The fourth-order valence-corrected chi connectivity index (χ4v) is 5.52. The quantitative estimate of drug-likeness (QED) is 0.114. The van der Waals surface area contributed by atoms with Crippen LogP contribution >= 0.6 is 0 Å². The highest BCUT2D eigenvalue weighted by Gasteiger charge is 2.19. The Hall–Kier alpha value is -2.38. The normalized spacial score (nSPS) is 14.6.